The largest absolute Gasteiger partial charge is 0.455 e. The van der Waals surface area contributed by atoms with Crippen LogP contribution < -0.4 is 0 Å². The number of aromatic nitrogens is 2. The maximum Gasteiger partial charge on any atom is 0.160 e. The fourth-order valence-corrected chi connectivity index (χ4v) is 9.83. The number of furan rings is 1. The molecule has 0 fully saturated rings. The number of para-hydroxylation sites is 2. The molecule has 0 N–H and O–H groups in total. The number of nitrogens with zero attached hydrogens (tertiary/aromatic N) is 2. The highest BCUT2D eigenvalue weighted by Gasteiger charge is 2.45. The molecule has 0 atom stereocenters. The number of hydrogen-bond acceptors (Lipinski definition) is 3. The molecule has 0 amide bonds. The second kappa shape index (κ2) is 14.5. The van der Waals surface area contributed by atoms with Gasteiger partial charge in [-0.3, -0.25) is 0 Å². The van der Waals surface area contributed by atoms with Gasteiger partial charge >= 0.3 is 0 Å². The van der Waals surface area contributed by atoms with Gasteiger partial charge in [-0.15, -0.1) is 0 Å². The van der Waals surface area contributed by atoms with Crippen LogP contribution in [0.4, 0.5) is 0 Å². The lowest BCUT2D eigenvalue weighted by Crippen LogP contribution is -2.28. The first kappa shape index (κ1) is 35.8. The summed E-state index contributed by atoms with van der Waals surface area (Å²) in [6, 6.07) is 82.1. The van der Waals surface area contributed by atoms with Gasteiger partial charge in [0.1, 0.15) is 11.2 Å². The molecule has 2 aromatic heterocycles. The second-order valence-corrected chi connectivity index (χ2v) is 16.0. The van der Waals surface area contributed by atoms with E-state index in [2.05, 4.69) is 200 Å². The zero-order valence-corrected chi connectivity index (χ0v) is 33.7. The van der Waals surface area contributed by atoms with Crippen LogP contribution in [-0.4, -0.2) is 9.97 Å². The summed E-state index contributed by atoms with van der Waals surface area (Å²) >= 11 is 0. The monoisotopic (exact) mass is 790 g/mol. The Labute approximate surface area is 360 Å². The summed E-state index contributed by atoms with van der Waals surface area (Å²) in [5.41, 5.74) is 18.0. The van der Waals surface area contributed by atoms with Crippen LogP contribution in [0.25, 0.3) is 89.2 Å². The first-order valence-corrected chi connectivity index (χ1v) is 21.1. The SMILES string of the molecule is c1ccc(-c2nc(-c3cccc(-c4ccc(C5(c6ccccc6)c6ccccc6-c6ccccc65)cc4)c3)cc(-c3ccccc3-c3cccc4c3oc3ccccc34)n2)cc1. The van der Waals surface area contributed by atoms with Crippen molar-refractivity contribution in [2.75, 3.05) is 0 Å². The molecular weight excluding hydrogens is 753 g/mol. The first-order valence-electron chi connectivity index (χ1n) is 21.1. The van der Waals surface area contributed by atoms with Gasteiger partial charge in [0.2, 0.25) is 0 Å². The van der Waals surface area contributed by atoms with Gasteiger partial charge in [0, 0.05) is 33.0 Å². The molecule has 12 rings (SSSR count). The molecule has 1 aliphatic rings. The summed E-state index contributed by atoms with van der Waals surface area (Å²) in [5, 5.41) is 2.20. The second-order valence-electron chi connectivity index (χ2n) is 16.0. The van der Waals surface area contributed by atoms with Gasteiger partial charge in [0.25, 0.3) is 0 Å². The molecule has 0 saturated heterocycles. The molecule has 3 heteroatoms. The Hall–Kier alpha value is -8.14. The van der Waals surface area contributed by atoms with Gasteiger partial charge in [-0.25, -0.2) is 9.97 Å². The van der Waals surface area contributed by atoms with Crippen molar-refractivity contribution < 1.29 is 4.42 Å². The lowest BCUT2D eigenvalue weighted by atomic mass is 9.67. The topological polar surface area (TPSA) is 38.9 Å². The normalized spacial score (nSPS) is 12.6. The smallest absolute Gasteiger partial charge is 0.160 e. The van der Waals surface area contributed by atoms with Crippen LogP contribution in [0.2, 0.25) is 0 Å². The lowest BCUT2D eigenvalue weighted by Gasteiger charge is -2.34. The third kappa shape index (κ3) is 5.67. The van der Waals surface area contributed by atoms with Crippen LogP contribution in [-0.2, 0) is 5.41 Å². The fourth-order valence-electron chi connectivity index (χ4n) is 9.83. The van der Waals surface area contributed by atoms with Crippen molar-refractivity contribution in [2.45, 2.75) is 5.41 Å². The van der Waals surface area contributed by atoms with Crippen molar-refractivity contribution in [1.29, 1.82) is 0 Å². The van der Waals surface area contributed by atoms with E-state index in [1.807, 2.05) is 30.3 Å². The maximum atomic E-state index is 6.53. The highest BCUT2D eigenvalue weighted by atomic mass is 16.3. The molecule has 0 aliphatic heterocycles. The van der Waals surface area contributed by atoms with Gasteiger partial charge < -0.3 is 4.42 Å². The molecule has 62 heavy (non-hydrogen) atoms. The molecular formula is C59H38N2O. The fraction of sp³-hybridized carbons (Fsp3) is 0.0169. The van der Waals surface area contributed by atoms with Gasteiger partial charge in [-0.05, 0) is 68.3 Å². The number of hydrogen-bond donors (Lipinski definition) is 0. The molecule has 9 aromatic carbocycles. The van der Waals surface area contributed by atoms with Crippen LogP contribution in [0.3, 0.4) is 0 Å². The Bertz CT molecular complexity index is 3410. The van der Waals surface area contributed by atoms with Gasteiger partial charge in [-0.2, -0.15) is 0 Å². The maximum absolute atomic E-state index is 6.53. The molecule has 0 bridgehead atoms. The molecule has 2 heterocycles. The minimum atomic E-state index is -0.438. The molecule has 290 valence electrons. The number of benzene rings is 9. The van der Waals surface area contributed by atoms with Crippen molar-refractivity contribution in [1.82, 2.24) is 9.97 Å². The number of rotatable bonds is 7. The molecule has 0 spiro atoms. The van der Waals surface area contributed by atoms with E-state index >= 15 is 0 Å². The van der Waals surface area contributed by atoms with Crippen LogP contribution >= 0.6 is 0 Å². The van der Waals surface area contributed by atoms with Crippen molar-refractivity contribution in [3.63, 3.8) is 0 Å². The Morgan fingerprint density at radius 3 is 1.61 bits per heavy atom. The highest BCUT2D eigenvalue weighted by molar-refractivity contribution is 6.10. The van der Waals surface area contributed by atoms with E-state index in [4.69, 9.17) is 14.4 Å². The summed E-state index contributed by atoms with van der Waals surface area (Å²) in [5.74, 6) is 0.674. The molecule has 11 aromatic rings. The van der Waals surface area contributed by atoms with E-state index in [-0.39, 0.29) is 0 Å². The van der Waals surface area contributed by atoms with Crippen LogP contribution in [0.5, 0.6) is 0 Å². The highest BCUT2D eigenvalue weighted by Crippen LogP contribution is 2.56. The Kier molecular flexibility index (Phi) is 8.39. The third-order valence-corrected chi connectivity index (χ3v) is 12.6. The van der Waals surface area contributed by atoms with E-state index in [1.165, 1.54) is 33.4 Å². The molecule has 3 nitrogen and oxygen atoms in total. The molecule has 0 radical (unpaired) electrons. The van der Waals surface area contributed by atoms with Crippen molar-refractivity contribution in [3.8, 4) is 67.3 Å². The zero-order chi connectivity index (χ0) is 41.0. The van der Waals surface area contributed by atoms with Gasteiger partial charge in [-0.1, -0.05) is 212 Å². The Morgan fingerprint density at radius 1 is 0.323 bits per heavy atom. The minimum Gasteiger partial charge on any atom is -0.455 e. The minimum absolute atomic E-state index is 0.438. The molecule has 1 aliphatic carbocycles. The van der Waals surface area contributed by atoms with E-state index in [9.17, 15) is 0 Å². The van der Waals surface area contributed by atoms with Crippen LogP contribution in [0.15, 0.2) is 235 Å². The third-order valence-electron chi connectivity index (χ3n) is 12.6. The summed E-state index contributed by atoms with van der Waals surface area (Å²) in [6.07, 6.45) is 0. The van der Waals surface area contributed by atoms with Crippen molar-refractivity contribution in [2.24, 2.45) is 0 Å². The average molecular weight is 791 g/mol. The quantitative estimate of drug-likeness (QED) is 0.161. The predicted octanol–water partition coefficient (Wildman–Crippen LogP) is 15.1. The van der Waals surface area contributed by atoms with Crippen LogP contribution in [0.1, 0.15) is 22.3 Å². The Balaban J connectivity index is 0.976. The van der Waals surface area contributed by atoms with Crippen molar-refractivity contribution >= 4 is 21.9 Å². The Morgan fingerprint density at radius 2 is 0.855 bits per heavy atom. The zero-order valence-electron chi connectivity index (χ0n) is 33.7. The average Bonchev–Trinajstić information content (AvgIpc) is 3.89. The molecule has 0 unspecified atom stereocenters. The van der Waals surface area contributed by atoms with Crippen LogP contribution in [0, 0.1) is 0 Å². The van der Waals surface area contributed by atoms with E-state index in [0.29, 0.717) is 5.82 Å². The summed E-state index contributed by atoms with van der Waals surface area (Å²) in [7, 11) is 0. The van der Waals surface area contributed by atoms with E-state index in [1.54, 1.807) is 0 Å². The first-order chi connectivity index (χ1) is 30.7. The van der Waals surface area contributed by atoms with E-state index < -0.39 is 5.41 Å². The molecule has 0 saturated carbocycles. The van der Waals surface area contributed by atoms with Gasteiger partial charge in [0.15, 0.2) is 5.82 Å². The standard InChI is InChI=1S/C59H38N2O/c1-3-17-40(18-4-1)58-60-54(38-55(61-58)48-26-8-7-23-45(48)50-28-16-29-51-49-27-11-14-32-56(49)62-57(50)51)42-20-15-19-41(37-42)39-33-35-44(36-34-39)59(43-21-5-2-6-22-43)52-30-12-9-24-46(52)47-25-10-13-31-53(47)59/h1-38H. The summed E-state index contributed by atoms with van der Waals surface area (Å²) in [4.78, 5) is 10.5. The summed E-state index contributed by atoms with van der Waals surface area (Å²) in [6.45, 7) is 0. The van der Waals surface area contributed by atoms with E-state index in [0.717, 1.165) is 72.3 Å². The van der Waals surface area contributed by atoms with Gasteiger partial charge in [0.05, 0.1) is 16.8 Å². The number of fused-ring (bicyclic) bond motifs is 6. The lowest BCUT2D eigenvalue weighted by molar-refractivity contribution is 0.670. The summed E-state index contributed by atoms with van der Waals surface area (Å²) < 4.78 is 6.53. The predicted molar refractivity (Wildman–Crippen MR) is 254 cm³/mol. The van der Waals surface area contributed by atoms with Crippen molar-refractivity contribution in [3.05, 3.63) is 253 Å².